The van der Waals surface area contributed by atoms with E-state index >= 15 is 0 Å². The van der Waals surface area contributed by atoms with Gasteiger partial charge in [0, 0.05) is 56.8 Å². The van der Waals surface area contributed by atoms with E-state index in [2.05, 4.69) is 20.3 Å². The van der Waals surface area contributed by atoms with E-state index in [4.69, 9.17) is 4.74 Å². The second kappa shape index (κ2) is 10.5. The van der Waals surface area contributed by atoms with Gasteiger partial charge >= 0.3 is 0 Å². The minimum Gasteiger partial charge on any atom is -0.383 e. The van der Waals surface area contributed by atoms with Gasteiger partial charge in [-0.15, -0.1) is 5.92 Å². The summed E-state index contributed by atoms with van der Waals surface area (Å²) in [7, 11) is 0. The van der Waals surface area contributed by atoms with Gasteiger partial charge in [-0.25, -0.2) is 0 Å². The molecule has 1 aliphatic heterocycles. The van der Waals surface area contributed by atoms with E-state index in [0.29, 0.717) is 12.0 Å². The second-order valence-electron chi connectivity index (χ2n) is 2.81. The van der Waals surface area contributed by atoms with Gasteiger partial charge in [0.2, 0.25) is 0 Å². The molecule has 12 heavy (non-hydrogen) atoms. The maximum absolute atomic E-state index is 5.51. The molecule has 0 spiro atoms. The van der Waals surface area contributed by atoms with Crippen molar-refractivity contribution in [1.29, 1.82) is 0 Å². The van der Waals surface area contributed by atoms with Crippen molar-refractivity contribution < 1.29 is 48.8 Å². The van der Waals surface area contributed by atoms with Crippen LogP contribution in [0.2, 0.25) is 0 Å². The monoisotopic (exact) mass is 384 g/mol. The zero-order chi connectivity index (χ0) is 8.69. The molecule has 1 radical (unpaired) electrons. The van der Waals surface area contributed by atoms with Crippen LogP contribution in [0.5, 0.6) is 0 Å². The van der Waals surface area contributed by atoms with E-state index < -0.39 is 0 Å². The fraction of sp³-hybridized carbons (Fsp3) is 0.900. The molecule has 2 atom stereocenters. The largest absolute Gasteiger partial charge is 0.383 e. The first-order valence-corrected chi connectivity index (χ1v) is 4.78. The molecule has 2 unspecified atom stereocenters. The molecule has 71 valence electrons. The van der Waals surface area contributed by atoms with E-state index in [9.17, 15) is 0 Å². The van der Waals surface area contributed by atoms with Crippen molar-refractivity contribution in [3.63, 3.8) is 0 Å². The molecule has 0 aromatic carbocycles. The second-order valence-corrected chi connectivity index (χ2v) is 2.81. The van der Waals surface area contributed by atoms with Gasteiger partial charge in [-0.2, -0.15) is 6.42 Å². The topological polar surface area (TPSA) is 9.23 Å². The van der Waals surface area contributed by atoms with Crippen molar-refractivity contribution in [1.82, 2.24) is 0 Å². The van der Waals surface area contributed by atoms with Crippen molar-refractivity contribution in [2.75, 3.05) is 6.61 Å². The minimum atomic E-state index is 0. The predicted molar refractivity (Wildman–Crippen MR) is 49.5 cm³/mol. The molecule has 1 nitrogen and oxygen atoms in total. The van der Waals surface area contributed by atoms with Crippen LogP contribution in [-0.2, 0) is 4.74 Å². The molecular formula is C10H21AcO-. The van der Waals surface area contributed by atoms with E-state index in [0.717, 1.165) is 19.4 Å². The average Bonchev–Trinajstić information content (AvgIpc) is 2.10. The van der Waals surface area contributed by atoms with Crippen LogP contribution in [0, 0.1) is 56.4 Å². The molecule has 0 saturated carbocycles. The normalized spacial score (nSPS) is 28.0. The minimum absolute atomic E-state index is 0. The van der Waals surface area contributed by atoms with Crippen LogP contribution in [0.3, 0.4) is 0 Å². The first kappa shape index (κ1) is 15.9. The Morgan fingerprint density at radius 1 is 1.42 bits per heavy atom. The van der Waals surface area contributed by atoms with Crippen molar-refractivity contribution in [3.05, 3.63) is 6.42 Å². The summed E-state index contributed by atoms with van der Waals surface area (Å²) in [5, 5.41) is 0. The number of rotatable bonds is 1. The molecule has 0 aromatic rings. The number of hydrogen-bond donors (Lipinski definition) is 0. The van der Waals surface area contributed by atoms with Crippen LogP contribution in [0.1, 0.15) is 40.5 Å². The van der Waals surface area contributed by atoms with Gasteiger partial charge in [0.15, 0.2) is 0 Å². The van der Waals surface area contributed by atoms with Gasteiger partial charge in [0.25, 0.3) is 0 Å². The predicted octanol–water partition coefficient (Wildman–Crippen LogP) is 3.05. The summed E-state index contributed by atoms with van der Waals surface area (Å²) in [6.45, 7) is 9.30. The van der Waals surface area contributed by atoms with Crippen LogP contribution < -0.4 is 0 Å². The van der Waals surface area contributed by atoms with Crippen molar-refractivity contribution in [3.8, 4) is 0 Å². The van der Waals surface area contributed by atoms with Crippen LogP contribution >= 0.6 is 0 Å². The first-order valence-electron chi connectivity index (χ1n) is 4.78. The van der Waals surface area contributed by atoms with Gasteiger partial charge in [-0.1, -0.05) is 27.7 Å². The molecule has 1 fully saturated rings. The van der Waals surface area contributed by atoms with Crippen LogP contribution in [0.15, 0.2) is 0 Å². The molecule has 1 aliphatic rings. The Hall–Kier alpha value is 1.40. The molecular weight excluding hydrogens is 363 g/mol. The Bertz CT molecular complexity index is 77.9. The van der Waals surface area contributed by atoms with Crippen molar-refractivity contribution in [2.24, 2.45) is 5.92 Å². The van der Waals surface area contributed by atoms with Gasteiger partial charge in [0.05, 0.1) is 0 Å². The fourth-order valence-electron chi connectivity index (χ4n) is 1.09. The molecule has 0 aliphatic carbocycles. The Kier molecular flexibility index (Phi) is 13.9. The molecule has 1 heterocycles. The van der Waals surface area contributed by atoms with Crippen LogP contribution in [-0.4, -0.2) is 12.7 Å². The van der Waals surface area contributed by atoms with Gasteiger partial charge < -0.3 is 11.2 Å². The molecule has 1 saturated heterocycles. The summed E-state index contributed by atoms with van der Waals surface area (Å²) in [4.78, 5) is 0. The molecule has 2 heteroatoms. The molecule has 1 rings (SSSR count). The number of hydrogen-bond acceptors (Lipinski definition) is 1. The number of ether oxygens (including phenoxy) is 1. The smallest absolute Gasteiger partial charge is 0.0303 e. The quantitative estimate of drug-likeness (QED) is 0.632. The Balaban J connectivity index is 0. The third-order valence-corrected chi connectivity index (χ3v) is 1.85. The fourth-order valence-corrected chi connectivity index (χ4v) is 1.09. The summed E-state index contributed by atoms with van der Waals surface area (Å²) < 4.78 is 5.51. The molecule has 0 amide bonds. The van der Waals surface area contributed by atoms with Gasteiger partial charge in [0.1, 0.15) is 0 Å². The molecule has 0 N–H and O–H groups in total. The SMILES string of the molecule is CC.CCC1C[CH-]C(C)CO1.[Ac]. The third kappa shape index (κ3) is 6.87. The van der Waals surface area contributed by atoms with Crippen LogP contribution in [0.4, 0.5) is 0 Å². The van der Waals surface area contributed by atoms with Crippen LogP contribution in [0.25, 0.3) is 0 Å². The zero-order valence-corrected chi connectivity index (χ0v) is 13.6. The molecule has 0 aromatic heterocycles. The average molecular weight is 384 g/mol. The standard InChI is InChI=1S/C8H15O.C2H6.Ac/c1-3-8-5-4-7(2)6-9-8;1-2;/h4,7-8H,3,5-6H2,1-2H3;1-2H3;/q-1;;. The summed E-state index contributed by atoms with van der Waals surface area (Å²) in [5.41, 5.74) is 0. The zero-order valence-electron chi connectivity index (χ0n) is 8.84. The van der Waals surface area contributed by atoms with Gasteiger partial charge in [-0.05, 0) is 6.42 Å². The summed E-state index contributed by atoms with van der Waals surface area (Å²) in [6, 6.07) is 0. The Morgan fingerprint density at radius 3 is 2.33 bits per heavy atom. The van der Waals surface area contributed by atoms with Crippen molar-refractivity contribution in [2.45, 2.75) is 46.6 Å². The van der Waals surface area contributed by atoms with Gasteiger partial charge in [-0.3, -0.25) is 0 Å². The third-order valence-electron chi connectivity index (χ3n) is 1.85. The summed E-state index contributed by atoms with van der Waals surface area (Å²) in [5.74, 6) is 0.674. The van der Waals surface area contributed by atoms with E-state index in [-0.39, 0.29) is 44.1 Å². The first-order chi connectivity index (χ1) is 5.33. The maximum atomic E-state index is 5.51. The summed E-state index contributed by atoms with van der Waals surface area (Å²) in [6.07, 6.45) is 5.18. The van der Waals surface area contributed by atoms with Crippen molar-refractivity contribution >= 4 is 0 Å². The van der Waals surface area contributed by atoms with E-state index in [1.165, 1.54) is 0 Å². The Labute approximate surface area is 113 Å². The van der Waals surface area contributed by atoms with E-state index in [1.54, 1.807) is 0 Å². The summed E-state index contributed by atoms with van der Waals surface area (Å²) >= 11 is 0. The Morgan fingerprint density at radius 2 is 2.00 bits per heavy atom. The molecule has 0 bridgehead atoms. The maximum Gasteiger partial charge on any atom is 0.0303 e. The van der Waals surface area contributed by atoms with E-state index in [1.807, 2.05) is 13.8 Å².